The summed E-state index contributed by atoms with van der Waals surface area (Å²) in [6.45, 7) is 2.14. The van der Waals surface area contributed by atoms with Gasteiger partial charge in [0, 0.05) is 17.1 Å². The molecule has 1 aromatic heterocycles. The summed E-state index contributed by atoms with van der Waals surface area (Å²) in [6, 6.07) is 13.3. The van der Waals surface area contributed by atoms with Crippen LogP contribution in [0.5, 0.6) is 5.75 Å². The van der Waals surface area contributed by atoms with Crippen LogP contribution >= 0.6 is 31.9 Å². The fourth-order valence-corrected chi connectivity index (χ4v) is 3.42. The summed E-state index contributed by atoms with van der Waals surface area (Å²) in [7, 11) is 1.66. The van der Waals surface area contributed by atoms with Gasteiger partial charge in [-0.1, -0.05) is 33.6 Å². The maximum absolute atomic E-state index is 12.3. The first-order valence-electron chi connectivity index (χ1n) is 8.13. The number of benzene rings is 2. The first kappa shape index (κ1) is 19.6. The molecule has 0 unspecified atom stereocenters. The molecule has 2 aromatic carbocycles. The predicted molar refractivity (Wildman–Crippen MR) is 108 cm³/mol. The Morgan fingerprint density at radius 2 is 1.89 bits per heavy atom. The van der Waals surface area contributed by atoms with Crippen LogP contribution in [0.1, 0.15) is 11.5 Å². The summed E-state index contributed by atoms with van der Waals surface area (Å²) in [5.41, 5.74) is 2.00. The molecule has 3 aromatic rings. The third-order valence-corrected chi connectivity index (χ3v) is 4.92. The van der Waals surface area contributed by atoms with Crippen LogP contribution in [0.15, 0.2) is 55.8 Å². The van der Waals surface area contributed by atoms with Crippen molar-refractivity contribution in [1.82, 2.24) is 15.1 Å². The van der Waals surface area contributed by atoms with Crippen molar-refractivity contribution in [2.24, 2.45) is 0 Å². The summed E-state index contributed by atoms with van der Waals surface area (Å²) < 4.78 is 12.9. The van der Waals surface area contributed by atoms with Gasteiger partial charge in [0.2, 0.25) is 11.8 Å². The van der Waals surface area contributed by atoms with E-state index in [-0.39, 0.29) is 19.1 Å². The van der Waals surface area contributed by atoms with E-state index in [4.69, 9.17) is 9.15 Å². The normalized spacial score (nSPS) is 10.7. The highest BCUT2D eigenvalue weighted by molar-refractivity contribution is 9.11. The van der Waals surface area contributed by atoms with Gasteiger partial charge in [0.1, 0.15) is 5.75 Å². The Kier molecular flexibility index (Phi) is 6.28. The Labute approximate surface area is 173 Å². The summed E-state index contributed by atoms with van der Waals surface area (Å²) in [6.07, 6.45) is 0. The van der Waals surface area contributed by atoms with Gasteiger partial charge >= 0.3 is 0 Å². The van der Waals surface area contributed by atoms with E-state index in [1.54, 1.807) is 13.1 Å². The average Bonchev–Trinajstić information content (AvgIpc) is 3.09. The lowest BCUT2D eigenvalue weighted by Crippen LogP contribution is -2.31. The third-order valence-electron chi connectivity index (χ3n) is 3.81. The minimum Gasteiger partial charge on any atom is -0.483 e. The number of amides is 1. The van der Waals surface area contributed by atoms with Crippen molar-refractivity contribution < 1.29 is 13.9 Å². The van der Waals surface area contributed by atoms with Gasteiger partial charge in [-0.25, -0.2) is 0 Å². The summed E-state index contributed by atoms with van der Waals surface area (Å²) in [5, 5.41) is 8.06. The van der Waals surface area contributed by atoms with Gasteiger partial charge in [-0.15, -0.1) is 10.2 Å². The summed E-state index contributed by atoms with van der Waals surface area (Å²) in [5.74, 6) is 1.20. The molecule has 27 heavy (non-hydrogen) atoms. The van der Waals surface area contributed by atoms with Crippen molar-refractivity contribution in [3.05, 3.63) is 62.9 Å². The number of aromatic nitrogens is 2. The minimum atomic E-state index is -0.195. The molecule has 0 radical (unpaired) electrons. The third kappa shape index (κ3) is 5.17. The molecule has 1 amide bonds. The van der Waals surface area contributed by atoms with E-state index in [9.17, 15) is 4.79 Å². The van der Waals surface area contributed by atoms with E-state index < -0.39 is 0 Å². The lowest BCUT2D eigenvalue weighted by atomic mass is 10.1. The van der Waals surface area contributed by atoms with E-state index in [2.05, 4.69) is 42.1 Å². The van der Waals surface area contributed by atoms with Crippen LogP contribution in [0.25, 0.3) is 11.5 Å². The zero-order valence-corrected chi connectivity index (χ0v) is 17.9. The standard InChI is InChI=1S/C19H17Br2N3O3/c1-12-3-5-13(6-4-12)19-23-22-17(27-19)10-24(2)18(25)11-26-16-8-7-14(20)9-15(16)21/h3-9H,10-11H2,1-2H3. The second-order valence-corrected chi connectivity index (χ2v) is 7.75. The second kappa shape index (κ2) is 8.67. The number of aryl methyl sites for hydroxylation is 1. The first-order chi connectivity index (χ1) is 12.9. The van der Waals surface area contributed by atoms with Crippen LogP contribution in [0.2, 0.25) is 0 Å². The topological polar surface area (TPSA) is 68.5 Å². The van der Waals surface area contributed by atoms with Gasteiger partial charge in [-0.3, -0.25) is 4.79 Å². The molecule has 0 fully saturated rings. The Balaban J connectivity index is 1.57. The molecule has 1 heterocycles. The Morgan fingerprint density at radius 1 is 1.15 bits per heavy atom. The van der Waals surface area contributed by atoms with Gasteiger partial charge in [-0.2, -0.15) is 0 Å². The number of halogens is 2. The van der Waals surface area contributed by atoms with Crippen molar-refractivity contribution in [3.63, 3.8) is 0 Å². The minimum absolute atomic E-state index is 0.0876. The number of hydrogen-bond acceptors (Lipinski definition) is 5. The molecule has 0 N–H and O–H groups in total. The zero-order valence-electron chi connectivity index (χ0n) is 14.8. The average molecular weight is 495 g/mol. The molecular weight excluding hydrogens is 478 g/mol. The monoisotopic (exact) mass is 493 g/mol. The lowest BCUT2D eigenvalue weighted by Gasteiger charge is -2.15. The van der Waals surface area contributed by atoms with Crippen molar-refractivity contribution in [2.45, 2.75) is 13.5 Å². The zero-order chi connectivity index (χ0) is 19.4. The first-order valence-corrected chi connectivity index (χ1v) is 9.72. The SMILES string of the molecule is Cc1ccc(-c2nnc(CN(C)C(=O)COc3ccc(Br)cc3Br)o2)cc1. The van der Waals surface area contributed by atoms with Gasteiger partial charge in [0.05, 0.1) is 11.0 Å². The van der Waals surface area contributed by atoms with E-state index >= 15 is 0 Å². The highest BCUT2D eigenvalue weighted by atomic mass is 79.9. The number of carbonyl (C=O) groups excluding carboxylic acids is 1. The van der Waals surface area contributed by atoms with Crippen LogP contribution in [-0.4, -0.2) is 34.7 Å². The molecule has 0 saturated carbocycles. The second-order valence-electron chi connectivity index (χ2n) is 5.98. The molecule has 140 valence electrons. The predicted octanol–water partition coefficient (Wildman–Crippen LogP) is 4.61. The molecule has 0 aliphatic rings. The van der Waals surface area contributed by atoms with E-state index in [1.165, 1.54) is 4.90 Å². The van der Waals surface area contributed by atoms with Gasteiger partial charge < -0.3 is 14.1 Å². The highest BCUT2D eigenvalue weighted by Crippen LogP contribution is 2.28. The van der Waals surface area contributed by atoms with Crippen LogP contribution in [-0.2, 0) is 11.3 Å². The number of ether oxygens (including phenoxy) is 1. The molecule has 0 bridgehead atoms. The number of carbonyl (C=O) groups is 1. The Hall–Kier alpha value is -2.19. The van der Waals surface area contributed by atoms with E-state index in [1.807, 2.05) is 43.3 Å². The molecule has 8 heteroatoms. The maximum Gasteiger partial charge on any atom is 0.260 e. The van der Waals surface area contributed by atoms with Crippen molar-refractivity contribution in [2.75, 3.05) is 13.7 Å². The number of nitrogens with zero attached hydrogens (tertiary/aromatic N) is 3. The number of likely N-dealkylation sites (N-methyl/N-ethyl adjacent to an activating group) is 1. The van der Waals surface area contributed by atoms with Crippen LogP contribution in [0.4, 0.5) is 0 Å². The van der Waals surface area contributed by atoms with Crippen molar-refractivity contribution >= 4 is 37.8 Å². The summed E-state index contributed by atoms with van der Waals surface area (Å²) >= 11 is 6.78. The molecule has 0 aliphatic heterocycles. The fourth-order valence-electron chi connectivity index (χ4n) is 2.26. The van der Waals surface area contributed by atoms with Gasteiger partial charge in [0.25, 0.3) is 5.91 Å². The highest BCUT2D eigenvalue weighted by Gasteiger charge is 2.15. The van der Waals surface area contributed by atoms with E-state index in [0.717, 1.165) is 20.1 Å². The van der Waals surface area contributed by atoms with Crippen molar-refractivity contribution in [1.29, 1.82) is 0 Å². The maximum atomic E-state index is 12.3. The molecule has 6 nitrogen and oxygen atoms in total. The van der Waals surface area contributed by atoms with Crippen LogP contribution < -0.4 is 4.74 Å². The molecule has 3 rings (SSSR count). The molecule has 0 atom stereocenters. The molecular formula is C19H17Br2N3O3. The molecule has 0 saturated heterocycles. The smallest absolute Gasteiger partial charge is 0.260 e. The number of hydrogen-bond donors (Lipinski definition) is 0. The van der Waals surface area contributed by atoms with E-state index in [0.29, 0.717) is 17.5 Å². The molecule has 0 aliphatic carbocycles. The fraction of sp³-hybridized carbons (Fsp3) is 0.211. The van der Waals surface area contributed by atoms with Crippen LogP contribution in [0.3, 0.4) is 0 Å². The quantitative estimate of drug-likeness (QED) is 0.500. The largest absolute Gasteiger partial charge is 0.483 e. The van der Waals surface area contributed by atoms with Gasteiger partial charge in [0.15, 0.2) is 6.61 Å². The number of rotatable bonds is 6. The van der Waals surface area contributed by atoms with Crippen LogP contribution in [0, 0.1) is 6.92 Å². The summed E-state index contributed by atoms with van der Waals surface area (Å²) in [4.78, 5) is 13.8. The van der Waals surface area contributed by atoms with Crippen molar-refractivity contribution in [3.8, 4) is 17.2 Å². The Bertz CT molecular complexity index is 942. The molecule has 0 spiro atoms. The Morgan fingerprint density at radius 3 is 2.59 bits per heavy atom. The van der Waals surface area contributed by atoms with Gasteiger partial charge in [-0.05, 0) is 53.2 Å². The lowest BCUT2D eigenvalue weighted by molar-refractivity contribution is -0.132.